The minimum atomic E-state index is -0.463. The molecule has 28 heavy (non-hydrogen) atoms. The first-order chi connectivity index (χ1) is 13.6. The number of benzene rings is 2. The van der Waals surface area contributed by atoms with E-state index in [1.807, 2.05) is 18.2 Å². The van der Waals surface area contributed by atoms with Gasteiger partial charge in [0.25, 0.3) is 11.5 Å². The van der Waals surface area contributed by atoms with E-state index in [9.17, 15) is 9.59 Å². The predicted molar refractivity (Wildman–Crippen MR) is 112 cm³/mol. The molecule has 1 amide bonds. The third-order valence-electron chi connectivity index (χ3n) is 4.84. The molecule has 0 aliphatic heterocycles. The van der Waals surface area contributed by atoms with Crippen LogP contribution in [0.15, 0.2) is 53.5 Å². The van der Waals surface area contributed by atoms with Crippen molar-refractivity contribution in [3.63, 3.8) is 0 Å². The van der Waals surface area contributed by atoms with Crippen LogP contribution >= 0.6 is 0 Å². The normalized spacial score (nSPS) is 11.5. The number of carbonyl (C=O) groups is 1. The Labute approximate surface area is 161 Å². The van der Waals surface area contributed by atoms with Crippen molar-refractivity contribution in [3.8, 4) is 0 Å². The zero-order valence-corrected chi connectivity index (χ0v) is 15.7. The Morgan fingerprint density at radius 3 is 2.68 bits per heavy atom. The molecule has 0 fully saturated rings. The molecular formula is C22H20N4O2. The summed E-state index contributed by atoms with van der Waals surface area (Å²) in [7, 11) is 1.47. The molecule has 0 spiro atoms. The van der Waals surface area contributed by atoms with Crippen molar-refractivity contribution in [2.75, 3.05) is 7.05 Å². The lowest BCUT2D eigenvalue weighted by Crippen LogP contribution is -2.27. The molecule has 6 nitrogen and oxygen atoms in total. The molecular weight excluding hydrogens is 352 g/mol. The van der Waals surface area contributed by atoms with Crippen molar-refractivity contribution in [1.82, 2.24) is 19.9 Å². The number of aryl methyl sites for hydroxylation is 1. The van der Waals surface area contributed by atoms with Crippen LogP contribution < -0.4 is 10.9 Å². The Morgan fingerprint density at radius 2 is 1.93 bits per heavy atom. The molecule has 2 aromatic carbocycles. The molecule has 0 unspecified atom stereocenters. The summed E-state index contributed by atoms with van der Waals surface area (Å²) in [6.45, 7) is 3.05. The summed E-state index contributed by atoms with van der Waals surface area (Å²) in [5.41, 5.74) is 2.95. The van der Waals surface area contributed by atoms with Crippen molar-refractivity contribution in [2.45, 2.75) is 13.5 Å². The van der Waals surface area contributed by atoms with E-state index in [0.717, 1.165) is 12.1 Å². The van der Waals surface area contributed by atoms with Gasteiger partial charge >= 0.3 is 0 Å². The van der Waals surface area contributed by atoms with Gasteiger partial charge in [-0.15, -0.1) is 0 Å². The van der Waals surface area contributed by atoms with E-state index in [-0.39, 0.29) is 5.56 Å². The molecule has 140 valence electrons. The number of hydrogen-bond acceptors (Lipinski definition) is 3. The van der Waals surface area contributed by atoms with Crippen molar-refractivity contribution >= 4 is 39.9 Å². The predicted octanol–water partition coefficient (Wildman–Crippen LogP) is 3.43. The van der Waals surface area contributed by atoms with Crippen LogP contribution in [0.3, 0.4) is 0 Å². The van der Waals surface area contributed by atoms with Crippen molar-refractivity contribution < 1.29 is 4.79 Å². The number of rotatable bonds is 4. The highest BCUT2D eigenvalue weighted by molar-refractivity contribution is 6.08. The maximum atomic E-state index is 12.0. The van der Waals surface area contributed by atoms with Gasteiger partial charge in [-0.05, 0) is 36.8 Å². The molecule has 2 heterocycles. The highest BCUT2D eigenvalue weighted by Gasteiger charge is 2.10. The molecule has 2 N–H and O–H groups in total. The van der Waals surface area contributed by atoms with E-state index in [4.69, 9.17) is 0 Å². The Hall–Kier alpha value is -3.67. The topological polar surface area (TPSA) is 79.8 Å². The third kappa shape index (κ3) is 2.99. The molecule has 2 aromatic heterocycles. The van der Waals surface area contributed by atoms with E-state index in [0.29, 0.717) is 5.82 Å². The molecule has 0 aliphatic rings. The molecule has 4 aromatic rings. The quantitative estimate of drug-likeness (QED) is 0.576. The Balaban J connectivity index is 1.72. The average molecular weight is 372 g/mol. The molecule has 6 heteroatoms. The van der Waals surface area contributed by atoms with Gasteiger partial charge in [0.2, 0.25) is 0 Å². The summed E-state index contributed by atoms with van der Waals surface area (Å²) in [5, 5.41) is 4.83. The Kier molecular flexibility index (Phi) is 4.53. The number of carbonyl (C=O) groups excluding carboxylic acids is 1. The maximum absolute atomic E-state index is 12.0. The number of aromatic amines is 1. The van der Waals surface area contributed by atoms with Crippen molar-refractivity contribution in [2.24, 2.45) is 0 Å². The smallest absolute Gasteiger partial charge is 0.263 e. The van der Waals surface area contributed by atoms with Crippen molar-refractivity contribution in [1.29, 1.82) is 0 Å². The first-order valence-corrected chi connectivity index (χ1v) is 9.13. The second kappa shape index (κ2) is 7.15. The minimum Gasteiger partial charge on any atom is -0.355 e. The summed E-state index contributed by atoms with van der Waals surface area (Å²) in [4.78, 5) is 30.4. The number of para-hydroxylation sites is 1. The molecule has 0 aliphatic carbocycles. The lowest BCUT2D eigenvalue weighted by molar-refractivity contribution is 0.0961. The van der Waals surface area contributed by atoms with Gasteiger partial charge < -0.3 is 14.9 Å². The third-order valence-corrected chi connectivity index (χ3v) is 4.84. The van der Waals surface area contributed by atoms with Crippen LogP contribution in [-0.2, 0) is 6.54 Å². The van der Waals surface area contributed by atoms with Gasteiger partial charge in [0.1, 0.15) is 11.4 Å². The molecule has 0 bridgehead atoms. The average Bonchev–Trinajstić information content (AvgIpc) is 3.05. The van der Waals surface area contributed by atoms with E-state index in [1.165, 1.54) is 35.1 Å². The second-order valence-corrected chi connectivity index (χ2v) is 6.46. The number of hydrogen-bond donors (Lipinski definition) is 2. The van der Waals surface area contributed by atoms with Crippen LogP contribution in [0, 0.1) is 0 Å². The number of amides is 1. The molecule has 0 radical (unpaired) electrons. The van der Waals surface area contributed by atoms with Crippen LogP contribution in [0.4, 0.5) is 0 Å². The molecule has 4 rings (SSSR count). The van der Waals surface area contributed by atoms with E-state index >= 15 is 0 Å². The maximum Gasteiger partial charge on any atom is 0.263 e. The lowest BCUT2D eigenvalue weighted by atomic mass is 10.1. The molecule has 0 atom stereocenters. The Bertz CT molecular complexity index is 1280. The summed E-state index contributed by atoms with van der Waals surface area (Å²) in [6, 6.07) is 14.7. The standard InChI is InChI=1S/C22H20N4O2/c1-3-26-18-7-5-4-6-15(18)16-12-14(8-10-19(16)26)9-11-20-24-13-17(21(27)23-2)22(28)25-20/h4-13H,3H2,1-2H3,(H,23,27)(H,24,25,28)/b11-9+. The van der Waals surface area contributed by atoms with Crippen LogP contribution in [0.1, 0.15) is 28.7 Å². The number of H-pyrrole nitrogens is 1. The van der Waals surface area contributed by atoms with Crippen LogP contribution in [-0.4, -0.2) is 27.5 Å². The second-order valence-electron chi connectivity index (χ2n) is 6.46. The van der Waals surface area contributed by atoms with Gasteiger partial charge in [-0.1, -0.05) is 30.3 Å². The monoisotopic (exact) mass is 372 g/mol. The molecule has 0 saturated carbocycles. The summed E-state index contributed by atoms with van der Waals surface area (Å²) >= 11 is 0. The van der Waals surface area contributed by atoms with Gasteiger partial charge in [-0.3, -0.25) is 9.59 Å². The van der Waals surface area contributed by atoms with Crippen molar-refractivity contribution in [3.05, 3.63) is 76.0 Å². The number of nitrogens with zero attached hydrogens (tertiary/aromatic N) is 2. The number of aromatic nitrogens is 3. The highest BCUT2D eigenvalue weighted by Crippen LogP contribution is 2.30. The number of nitrogens with one attached hydrogen (secondary N) is 2. The van der Waals surface area contributed by atoms with Gasteiger partial charge in [0.15, 0.2) is 0 Å². The first kappa shape index (κ1) is 17.7. The van der Waals surface area contributed by atoms with Crippen LogP contribution in [0.5, 0.6) is 0 Å². The molecule has 0 saturated heterocycles. The largest absolute Gasteiger partial charge is 0.355 e. The van der Waals surface area contributed by atoms with E-state index in [1.54, 1.807) is 6.08 Å². The van der Waals surface area contributed by atoms with Gasteiger partial charge in [0.05, 0.1) is 0 Å². The minimum absolute atomic E-state index is 0.00607. The zero-order chi connectivity index (χ0) is 19.7. The van der Waals surface area contributed by atoms with Gasteiger partial charge in [-0.25, -0.2) is 4.98 Å². The first-order valence-electron chi connectivity index (χ1n) is 9.13. The van der Waals surface area contributed by atoms with E-state index in [2.05, 4.69) is 57.1 Å². The summed E-state index contributed by atoms with van der Waals surface area (Å²) in [5.74, 6) is -0.0595. The fraction of sp³-hybridized carbons (Fsp3) is 0.136. The number of fused-ring (bicyclic) bond motifs is 3. The Morgan fingerprint density at radius 1 is 1.14 bits per heavy atom. The fourth-order valence-electron chi connectivity index (χ4n) is 3.48. The summed E-state index contributed by atoms with van der Waals surface area (Å²) < 4.78 is 2.30. The zero-order valence-electron chi connectivity index (χ0n) is 15.7. The highest BCUT2D eigenvalue weighted by atomic mass is 16.2. The van der Waals surface area contributed by atoms with Gasteiger partial charge in [0, 0.05) is 41.6 Å². The lowest BCUT2D eigenvalue weighted by Gasteiger charge is -2.03. The van der Waals surface area contributed by atoms with Crippen LogP contribution in [0.25, 0.3) is 34.0 Å². The van der Waals surface area contributed by atoms with E-state index < -0.39 is 11.5 Å². The SMILES string of the molecule is CCn1c2ccccc2c2cc(/C=C/c3ncc(C(=O)NC)c(=O)[nH]3)ccc21. The fourth-order valence-corrected chi connectivity index (χ4v) is 3.48. The summed E-state index contributed by atoms with van der Waals surface area (Å²) in [6.07, 6.45) is 4.92. The van der Waals surface area contributed by atoms with Crippen LogP contribution in [0.2, 0.25) is 0 Å². The van der Waals surface area contributed by atoms with Gasteiger partial charge in [-0.2, -0.15) is 0 Å².